The topological polar surface area (TPSA) is 35.5 Å². The number of halogens is 3. The minimum atomic E-state index is -0.556. The molecule has 22 heavy (non-hydrogen) atoms. The Labute approximate surface area is 147 Å². The van der Waals surface area contributed by atoms with Gasteiger partial charge in [0.25, 0.3) is 5.24 Å². The second-order valence-corrected chi connectivity index (χ2v) is 5.98. The zero-order chi connectivity index (χ0) is 16.1. The van der Waals surface area contributed by atoms with Gasteiger partial charge in [0.05, 0.1) is 11.1 Å². The van der Waals surface area contributed by atoms with Crippen LogP contribution in [0.1, 0.15) is 22.8 Å². The van der Waals surface area contributed by atoms with Crippen molar-refractivity contribution in [2.45, 2.75) is 13.5 Å². The van der Waals surface area contributed by atoms with E-state index in [0.717, 1.165) is 5.56 Å². The van der Waals surface area contributed by atoms with Crippen molar-refractivity contribution in [3.63, 3.8) is 0 Å². The van der Waals surface area contributed by atoms with Crippen molar-refractivity contribution < 1.29 is 14.3 Å². The van der Waals surface area contributed by atoms with E-state index in [9.17, 15) is 4.79 Å². The Balaban J connectivity index is 2.29. The first kappa shape index (κ1) is 17.1. The molecule has 0 aliphatic heterocycles. The van der Waals surface area contributed by atoms with Crippen LogP contribution in [-0.2, 0) is 6.61 Å². The van der Waals surface area contributed by atoms with E-state index >= 15 is 0 Å². The highest BCUT2D eigenvalue weighted by Crippen LogP contribution is 2.38. The van der Waals surface area contributed by atoms with Gasteiger partial charge in [-0.1, -0.05) is 29.8 Å². The number of ether oxygens (including phenoxy) is 2. The first-order chi connectivity index (χ1) is 10.5. The third-order valence-corrected chi connectivity index (χ3v) is 4.04. The lowest BCUT2D eigenvalue weighted by Crippen LogP contribution is -2.02. The molecule has 0 amide bonds. The van der Waals surface area contributed by atoms with Crippen LogP contribution in [0.2, 0.25) is 5.02 Å². The third-order valence-electron chi connectivity index (χ3n) is 2.87. The molecule has 0 aromatic heterocycles. The number of hydrogen-bond donors (Lipinski definition) is 0. The van der Waals surface area contributed by atoms with Gasteiger partial charge in [0.2, 0.25) is 0 Å². The van der Waals surface area contributed by atoms with Crippen LogP contribution in [0, 0.1) is 0 Å². The van der Waals surface area contributed by atoms with E-state index in [2.05, 4.69) is 15.9 Å². The van der Waals surface area contributed by atoms with Crippen LogP contribution in [0.5, 0.6) is 11.5 Å². The van der Waals surface area contributed by atoms with Crippen molar-refractivity contribution in [2.75, 3.05) is 6.61 Å². The fraction of sp³-hybridized carbons (Fsp3) is 0.188. The lowest BCUT2D eigenvalue weighted by Gasteiger charge is -2.15. The largest absolute Gasteiger partial charge is 0.490 e. The minimum absolute atomic E-state index is 0.284. The summed E-state index contributed by atoms with van der Waals surface area (Å²) in [7, 11) is 0. The third kappa shape index (κ3) is 4.15. The van der Waals surface area contributed by atoms with Crippen molar-refractivity contribution in [2.24, 2.45) is 0 Å². The summed E-state index contributed by atoms with van der Waals surface area (Å²) in [6, 6.07) is 10.6. The summed E-state index contributed by atoms with van der Waals surface area (Å²) >= 11 is 15.0. The molecule has 0 aliphatic carbocycles. The highest BCUT2D eigenvalue weighted by molar-refractivity contribution is 9.10. The molecular formula is C16H13BrCl2O3. The zero-order valence-corrected chi connectivity index (χ0v) is 14.8. The maximum atomic E-state index is 11.3. The van der Waals surface area contributed by atoms with Gasteiger partial charge in [-0.25, -0.2) is 0 Å². The molecule has 0 aliphatic rings. The lowest BCUT2D eigenvalue weighted by molar-refractivity contribution is 0.108. The number of rotatable bonds is 6. The summed E-state index contributed by atoms with van der Waals surface area (Å²) in [5, 5.41) is 0.0726. The van der Waals surface area contributed by atoms with E-state index in [1.807, 2.05) is 25.1 Å². The van der Waals surface area contributed by atoms with Crippen molar-refractivity contribution in [3.05, 3.63) is 57.0 Å². The Morgan fingerprint density at radius 1 is 1.23 bits per heavy atom. The van der Waals surface area contributed by atoms with Gasteiger partial charge in [0.15, 0.2) is 11.5 Å². The predicted molar refractivity (Wildman–Crippen MR) is 91.3 cm³/mol. The molecule has 0 N–H and O–H groups in total. The average Bonchev–Trinajstić information content (AvgIpc) is 2.48. The molecule has 0 spiro atoms. The molecule has 0 saturated carbocycles. The van der Waals surface area contributed by atoms with Crippen molar-refractivity contribution in [1.82, 2.24) is 0 Å². The van der Waals surface area contributed by atoms with Crippen LogP contribution in [-0.4, -0.2) is 11.8 Å². The standard InChI is InChI=1S/C16H13BrCl2O3/c1-2-21-14-8-11(16(19)20)7-12(17)15(14)22-9-10-5-3-4-6-13(10)18/h3-8H,2,9H2,1H3. The molecule has 0 radical (unpaired) electrons. The quantitative estimate of drug-likeness (QED) is 0.600. The Morgan fingerprint density at radius 2 is 1.95 bits per heavy atom. The molecule has 2 aromatic rings. The summed E-state index contributed by atoms with van der Waals surface area (Å²) in [4.78, 5) is 11.3. The summed E-state index contributed by atoms with van der Waals surface area (Å²) in [5.74, 6) is 0.955. The maximum Gasteiger partial charge on any atom is 0.252 e. The van der Waals surface area contributed by atoms with E-state index in [1.165, 1.54) is 0 Å². The second-order valence-electron chi connectivity index (χ2n) is 4.37. The van der Waals surface area contributed by atoms with Gasteiger partial charge in [-0.2, -0.15) is 0 Å². The molecule has 3 nitrogen and oxygen atoms in total. The molecular weight excluding hydrogens is 391 g/mol. The fourth-order valence-corrected chi connectivity index (χ4v) is 2.71. The van der Waals surface area contributed by atoms with Crippen LogP contribution < -0.4 is 9.47 Å². The Bertz CT molecular complexity index is 689. The first-order valence-corrected chi connectivity index (χ1v) is 8.10. The van der Waals surface area contributed by atoms with E-state index in [0.29, 0.717) is 33.2 Å². The van der Waals surface area contributed by atoms with Crippen molar-refractivity contribution in [3.8, 4) is 11.5 Å². The molecule has 0 atom stereocenters. The van der Waals surface area contributed by atoms with Crippen LogP contribution in [0.3, 0.4) is 0 Å². The molecule has 2 rings (SSSR count). The number of carbonyl (C=O) groups excluding carboxylic acids is 1. The van der Waals surface area contributed by atoms with E-state index in [-0.39, 0.29) is 6.61 Å². The van der Waals surface area contributed by atoms with Gasteiger partial charge in [-0.05, 0) is 52.7 Å². The SMILES string of the molecule is CCOc1cc(C(=O)Cl)cc(Br)c1OCc1ccccc1Cl. The number of carbonyl (C=O) groups is 1. The lowest BCUT2D eigenvalue weighted by atomic mass is 10.2. The summed E-state index contributed by atoms with van der Waals surface area (Å²) in [5.41, 5.74) is 1.19. The highest BCUT2D eigenvalue weighted by atomic mass is 79.9. The highest BCUT2D eigenvalue weighted by Gasteiger charge is 2.15. The zero-order valence-electron chi connectivity index (χ0n) is 11.7. The van der Waals surface area contributed by atoms with Crippen LogP contribution >= 0.6 is 39.1 Å². The molecule has 0 saturated heterocycles. The Hall–Kier alpha value is -1.23. The fourth-order valence-electron chi connectivity index (χ4n) is 1.85. The second kappa shape index (κ2) is 7.86. The van der Waals surface area contributed by atoms with Crippen molar-refractivity contribution in [1.29, 1.82) is 0 Å². The monoisotopic (exact) mass is 402 g/mol. The average molecular weight is 404 g/mol. The molecule has 6 heteroatoms. The Kier molecular flexibility index (Phi) is 6.12. The van der Waals surface area contributed by atoms with E-state index in [4.69, 9.17) is 32.7 Å². The smallest absolute Gasteiger partial charge is 0.252 e. The number of benzene rings is 2. The molecule has 2 aromatic carbocycles. The van der Waals surface area contributed by atoms with E-state index in [1.54, 1.807) is 18.2 Å². The first-order valence-electron chi connectivity index (χ1n) is 6.55. The summed E-state index contributed by atoms with van der Waals surface area (Å²) in [6.07, 6.45) is 0. The van der Waals surface area contributed by atoms with Gasteiger partial charge in [0.1, 0.15) is 6.61 Å². The van der Waals surface area contributed by atoms with Gasteiger partial charge in [-0.15, -0.1) is 0 Å². The van der Waals surface area contributed by atoms with Crippen molar-refractivity contribution >= 4 is 44.4 Å². The molecule has 0 bridgehead atoms. The van der Waals surface area contributed by atoms with Gasteiger partial charge < -0.3 is 9.47 Å². The van der Waals surface area contributed by atoms with Crippen LogP contribution in [0.15, 0.2) is 40.9 Å². The summed E-state index contributed by atoms with van der Waals surface area (Å²) in [6.45, 7) is 2.57. The molecule has 116 valence electrons. The van der Waals surface area contributed by atoms with E-state index < -0.39 is 5.24 Å². The molecule has 0 fully saturated rings. The Morgan fingerprint density at radius 3 is 2.59 bits per heavy atom. The molecule has 0 heterocycles. The van der Waals surface area contributed by atoms with Gasteiger partial charge in [0, 0.05) is 16.1 Å². The predicted octanol–water partition coefficient (Wildman–Crippen LogP) is 5.46. The van der Waals surface area contributed by atoms with Crippen LogP contribution in [0.4, 0.5) is 0 Å². The number of hydrogen-bond acceptors (Lipinski definition) is 3. The van der Waals surface area contributed by atoms with Crippen LogP contribution in [0.25, 0.3) is 0 Å². The molecule has 0 unspecified atom stereocenters. The van der Waals surface area contributed by atoms with Gasteiger partial charge in [-0.3, -0.25) is 4.79 Å². The van der Waals surface area contributed by atoms with Gasteiger partial charge >= 0.3 is 0 Å². The normalized spacial score (nSPS) is 10.4. The maximum absolute atomic E-state index is 11.3. The minimum Gasteiger partial charge on any atom is -0.490 e. The summed E-state index contributed by atoms with van der Waals surface area (Å²) < 4.78 is 11.9.